The van der Waals surface area contributed by atoms with Gasteiger partial charge in [0.25, 0.3) is 0 Å². The van der Waals surface area contributed by atoms with Gasteiger partial charge in [-0.1, -0.05) is 64.5 Å². The number of anilines is 1. The van der Waals surface area contributed by atoms with E-state index in [0.29, 0.717) is 18.8 Å². The lowest BCUT2D eigenvalue weighted by Crippen LogP contribution is -2.29. The van der Waals surface area contributed by atoms with Crippen molar-refractivity contribution in [3.63, 3.8) is 0 Å². The van der Waals surface area contributed by atoms with Gasteiger partial charge in [0.15, 0.2) is 6.71 Å². The summed E-state index contributed by atoms with van der Waals surface area (Å²) in [7, 11) is 1.93. The molecule has 1 atom stereocenters. The number of hydrogen-bond donors (Lipinski definition) is 0. The van der Waals surface area contributed by atoms with Crippen molar-refractivity contribution in [1.29, 1.82) is 0 Å². The van der Waals surface area contributed by atoms with Gasteiger partial charge in [-0.2, -0.15) is 0 Å². The third-order valence-electron chi connectivity index (χ3n) is 5.61. The molecule has 1 heterocycles. The van der Waals surface area contributed by atoms with Crippen LogP contribution >= 0.6 is 28.4 Å². The molecule has 0 amide bonds. The lowest BCUT2D eigenvalue weighted by molar-refractivity contribution is 0.177. The standard InChI is InChI=1S/C17H25BFINP/c1-7-12-8-13(9-14(19)15(12)21(6)22-20)18-10-16(2,3)17(4,5)11-18/h7-9,22H,1,10-11H2,2-6H3. The number of rotatable bonds is 4. The van der Waals surface area contributed by atoms with Crippen molar-refractivity contribution in [2.45, 2.75) is 40.3 Å². The molecule has 0 saturated carbocycles. The fourth-order valence-electron chi connectivity index (χ4n) is 3.52. The normalized spacial score (nSPS) is 19.9. The van der Waals surface area contributed by atoms with Crippen LogP contribution in [0.4, 0.5) is 10.1 Å². The van der Waals surface area contributed by atoms with Gasteiger partial charge in [-0.25, -0.2) is 4.39 Å². The Balaban J connectivity index is 2.43. The molecule has 2 rings (SSSR count). The van der Waals surface area contributed by atoms with Gasteiger partial charge in [-0.3, -0.25) is 0 Å². The van der Waals surface area contributed by atoms with Crippen LogP contribution in [0.3, 0.4) is 0 Å². The van der Waals surface area contributed by atoms with Crippen LogP contribution in [0.1, 0.15) is 33.3 Å². The fourth-order valence-corrected chi connectivity index (χ4v) is 4.57. The second kappa shape index (κ2) is 6.43. The summed E-state index contributed by atoms with van der Waals surface area (Å²) in [5.74, 6) is -0.124. The molecule has 1 aromatic rings. The number of nitrogens with zero attached hydrogens (tertiary/aromatic N) is 1. The molecule has 1 nitrogen and oxygen atoms in total. The molecular formula is C17H25BFINP. The van der Waals surface area contributed by atoms with Crippen molar-refractivity contribution in [1.82, 2.24) is 0 Å². The number of benzene rings is 1. The lowest BCUT2D eigenvalue weighted by atomic mass is 9.42. The van der Waals surface area contributed by atoms with Crippen LogP contribution in [0.2, 0.25) is 12.6 Å². The molecule has 0 radical (unpaired) electrons. The van der Waals surface area contributed by atoms with Crippen molar-refractivity contribution in [3.8, 4) is 0 Å². The van der Waals surface area contributed by atoms with E-state index in [0.717, 1.165) is 23.7 Å². The first kappa shape index (κ1) is 18.3. The van der Waals surface area contributed by atoms with Crippen LogP contribution in [0.5, 0.6) is 0 Å². The largest absolute Gasteiger partial charge is 0.345 e. The fraction of sp³-hybridized carbons (Fsp3) is 0.529. The Kier molecular flexibility index (Phi) is 5.34. The molecule has 1 aliphatic rings. The summed E-state index contributed by atoms with van der Waals surface area (Å²) in [5, 5.41) is 0. The van der Waals surface area contributed by atoms with Crippen LogP contribution in [0.25, 0.3) is 6.08 Å². The second-order valence-electron chi connectivity index (χ2n) is 7.66. The van der Waals surface area contributed by atoms with Crippen molar-refractivity contribution in [2.24, 2.45) is 10.8 Å². The highest BCUT2D eigenvalue weighted by Gasteiger charge is 2.48. The summed E-state index contributed by atoms with van der Waals surface area (Å²) < 4.78 is 16.6. The van der Waals surface area contributed by atoms with E-state index in [1.807, 2.05) is 11.7 Å². The Bertz CT molecular complexity index is 572. The molecular weight excluding hydrogens is 406 g/mol. The van der Waals surface area contributed by atoms with Crippen LogP contribution in [0.15, 0.2) is 18.7 Å². The molecule has 120 valence electrons. The minimum Gasteiger partial charge on any atom is -0.345 e. The molecule has 22 heavy (non-hydrogen) atoms. The van der Waals surface area contributed by atoms with Gasteiger partial charge in [0.05, 0.1) is 5.69 Å². The first-order valence-corrected chi connectivity index (χ1v) is 11.7. The van der Waals surface area contributed by atoms with Gasteiger partial charge < -0.3 is 4.67 Å². The molecule has 0 spiro atoms. The predicted octanol–water partition coefficient (Wildman–Crippen LogP) is 5.62. The highest BCUT2D eigenvalue weighted by atomic mass is 127. The molecule has 1 saturated heterocycles. The quantitative estimate of drug-likeness (QED) is 0.340. The number of halogens is 2. The highest BCUT2D eigenvalue weighted by molar-refractivity contribution is 14.2. The van der Waals surface area contributed by atoms with Crippen molar-refractivity contribution in [2.75, 3.05) is 11.7 Å². The third-order valence-corrected chi connectivity index (χ3v) is 8.26. The molecule has 1 unspecified atom stereocenters. The monoisotopic (exact) mass is 431 g/mol. The number of hydrogen-bond acceptors (Lipinski definition) is 1. The second-order valence-corrected chi connectivity index (χ2v) is 9.95. The molecule has 0 aliphatic carbocycles. The van der Waals surface area contributed by atoms with Crippen LogP contribution < -0.4 is 10.1 Å². The molecule has 0 aromatic heterocycles. The maximum absolute atomic E-state index is 14.7. The van der Waals surface area contributed by atoms with E-state index in [4.69, 9.17) is 0 Å². The van der Waals surface area contributed by atoms with Crippen LogP contribution in [-0.4, -0.2) is 13.8 Å². The van der Waals surface area contributed by atoms with Crippen LogP contribution in [-0.2, 0) is 0 Å². The molecule has 1 fully saturated rings. The zero-order valence-corrected chi connectivity index (χ0v) is 17.3. The minimum atomic E-state index is -0.124. The van der Waals surface area contributed by atoms with Crippen molar-refractivity contribution < 1.29 is 4.39 Å². The Morgan fingerprint density at radius 1 is 1.27 bits per heavy atom. The topological polar surface area (TPSA) is 3.24 Å². The summed E-state index contributed by atoms with van der Waals surface area (Å²) >= 11 is 2.28. The first-order chi connectivity index (χ1) is 10.1. The third kappa shape index (κ3) is 3.24. The summed E-state index contributed by atoms with van der Waals surface area (Å²) in [4.78, 5) is 0. The van der Waals surface area contributed by atoms with Gasteiger partial charge in [0.1, 0.15) is 5.82 Å². The van der Waals surface area contributed by atoms with Gasteiger partial charge in [-0.15, -0.1) is 0 Å². The smallest absolute Gasteiger partial charge is 0.177 e. The maximum Gasteiger partial charge on any atom is 0.177 e. The summed E-state index contributed by atoms with van der Waals surface area (Å²) in [6.07, 6.45) is 4.51. The van der Waals surface area contributed by atoms with Gasteiger partial charge in [0, 0.05) is 13.4 Å². The maximum atomic E-state index is 14.7. The summed E-state index contributed by atoms with van der Waals surface area (Å²) in [5.41, 5.74) is 3.26. The molecule has 1 aliphatic heterocycles. The van der Waals surface area contributed by atoms with E-state index in [1.165, 1.54) is 0 Å². The Morgan fingerprint density at radius 2 is 1.82 bits per heavy atom. The average molecular weight is 431 g/mol. The molecule has 1 aromatic carbocycles. The Morgan fingerprint density at radius 3 is 2.27 bits per heavy atom. The minimum absolute atomic E-state index is 0.124. The molecule has 0 N–H and O–H groups in total. The van der Waals surface area contributed by atoms with Crippen molar-refractivity contribution >= 4 is 52.4 Å². The van der Waals surface area contributed by atoms with E-state index in [1.54, 1.807) is 12.1 Å². The van der Waals surface area contributed by atoms with E-state index in [9.17, 15) is 4.39 Å². The van der Waals surface area contributed by atoms with E-state index in [2.05, 4.69) is 62.4 Å². The highest BCUT2D eigenvalue weighted by Crippen LogP contribution is 2.52. The van der Waals surface area contributed by atoms with E-state index >= 15 is 0 Å². The zero-order valence-electron chi connectivity index (χ0n) is 14.1. The van der Waals surface area contributed by atoms with Gasteiger partial charge in [0.2, 0.25) is 0 Å². The van der Waals surface area contributed by atoms with E-state index < -0.39 is 0 Å². The predicted molar refractivity (Wildman–Crippen MR) is 110 cm³/mol. The molecule has 0 bridgehead atoms. The average Bonchev–Trinajstić information content (AvgIpc) is 2.65. The van der Waals surface area contributed by atoms with Gasteiger partial charge >= 0.3 is 0 Å². The zero-order chi connectivity index (χ0) is 16.7. The van der Waals surface area contributed by atoms with E-state index in [-0.39, 0.29) is 16.6 Å². The molecule has 5 heteroatoms. The Hall–Kier alpha value is -0.0851. The first-order valence-electron chi connectivity index (χ1n) is 7.69. The van der Waals surface area contributed by atoms with Crippen molar-refractivity contribution in [3.05, 3.63) is 30.1 Å². The lowest BCUT2D eigenvalue weighted by Gasteiger charge is -2.35. The summed E-state index contributed by atoms with van der Waals surface area (Å²) in [6, 6.07) is 3.89. The SMILES string of the molecule is C=Cc1cc(B2CC(C)(C)C(C)(C)C2)cc(F)c1N(C)PI. The van der Waals surface area contributed by atoms with Gasteiger partial charge in [-0.05, 0) is 44.5 Å². The Labute approximate surface area is 149 Å². The van der Waals surface area contributed by atoms with Crippen LogP contribution in [0, 0.1) is 16.6 Å². The summed E-state index contributed by atoms with van der Waals surface area (Å²) in [6.45, 7) is 13.6.